The molecule has 1 aliphatic rings. The van der Waals surface area contributed by atoms with Crippen molar-refractivity contribution in [3.05, 3.63) is 95.3 Å². The lowest BCUT2D eigenvalue weighted by Crippen LogP contribution is -2.41. The minimum atomic E-state index is -1.87. The fourth-order valence-electron chi connectivity index (χ4n) is 3.58. The number of para-hydroxylation sites is 1. The van der Waals surface area contributed by atoms with Crippen LogP contribution in [-0.4, -0.2) is 21.8 Å². The van der Waals surface area contributed by atoms with Crippen LogP contribution in [0.25, 0.3) is 0 Å². The van der Waals surface area contributed by atoms with Crippen LogP contribution >= 0.6 is 0 Å². The van der Waals surface area contributed by atoms with Crippen LogP contribution in [-0.2, 0) is 16.9 Å². The quantitative estimate of drug-likeness (QED) is 0.697. The van der Waals surface area contributed by atoms with Gasteiger partial charge in [-0.05, 0) is 30.7 Å². The van der Waals surface area contributed by atoms with Crippen molar-refractivity contribution in [1.82, 2.24) is 4.98 Å². The molecule has 140 valence electrons. The zero-order valence-electron chi connectivity index (χ0n) is 15.5. The summed E-state index contributed by atoms with van der Waals surface area (Å²) in [6.07, 6.45) is 2.73. The molecule has 0 spiro atoms. The van der Waals surface area contributed by atoms with Crippen LogP contribution in [0.2, 0.25) is 0 Å². The Kier molecular flexibility index (Phi) is 4.53. The molecule has 1 N–H and O–H groups in total. The van der Waals surface area contributed by atoms with Gasteiger partial charge in [-0.1, -0.05) is 48.0 Å². The molecule has 1 amide bonds. The van der Waals surface area contributed by atoms with E-state index in [-0.39, 0.29) is 12.2 Å². The molecule has 0 saturated heterocycles. The number of aliphatic hydroxyl groups is 1. The van der Waals surface area contributed by atoms with E-state index in [4.69, 9.17) is 0 Å². The molecule has 2 heterocycles. The SMILES string of the molecule is Cc1ccc(CN2C(=O)[C@@](O)(CC(=O)c3ccncc3)c3ccccc32)cc1. The number of pyridine rings is 1. The number of carbonyl (C=O) groups is 2. The number of carbonyl (C=O) groups excluding carboxylic acids is 2. The number of aromatic nitrogens is 1. The molecular weight excluding hydrogens is 352 g/mol. The lowest BCUT2D eigenvalue weighted by Gasteiger charge is -2.23. The second-order valence-corrected chi connectivity index (χ2v) is 7.09. The first-order valence-electron chi connectivity index (χ1n) is 9.12. The Balaban J connectivity index is 1.68. The van der Waals surface area contributed by atoms with Gasteiger partial charge in [-0.25, -0.2) is 0 Å². The average Bonchev–Trinajstić information content (AvgIpc) is 2.92. The van der Waals surface area contributed by atoms with Gasteiger partial charge >= 0.3 is 0 Å². The molecule has 4 rings (SSSR count). The first-order valence-corrected chi connectivity index (χ1v) is 9.12. The van der Waals surface area contributed by atoms with E-state index in [0.29, 0.717) is 23.4 Å². The molecule has 5 nitrogen and oxygen atoms in total. The number of ketones is 1. The Morgan fingerprint density at radius 2 is 1.71 bits per heavy atom. The number of hydrogen-bond donors (Lipinski definition) is 1. The fourth-order valence-corrected chi connectivity index (χ4v) is 3.58. The number of hydrogen-bond acceptors (Lipinski definition) is 4. The molecule has 0 saturated carbocycles. The largest absolute Gasteiger partial charge is 0.375 e. The summed E-state index contributed by atoms with van der Waals surface area (Å²) in [7, 11) is 0. The lowest BCUT2D eigenvalue weighted by atomic mass is 9.88. The van der Waals surface area contributed by atoms with Crippen molar-refractivity contribution in [3.63, 3.8) is 0 Å². The van der Waals surface area contributed by atoms with E-state index < -0.39 is 11.5 Å². The Labute approximate surface area is 163 Å². The summed E-state index contributed by atoms with van der Waals surface area (Å²) >= 11 is 0. The van der Waals surface area contributed by atoms with E-state index >= 15 is 0 Å². The number of fused-ring (bicyclic) bond motifs is 1. The first-order chi connectivity index (χ1) is 13.5. The highest BCUT2D eigenvalue weighted by atomic mass is 16.3. The van der Waals surface area contributed by atoms with E-state index in [1.165, 1.54) is 12.4 Å². The van der Waals surface area contributed by atoms with Crippen LogP contribution in [0.3, 0.4) is 0 Å². The van der Waals surface area contributed by atoms with Crippen LogP contribution in [0.1, 0.15) is 33.5 Å². The smallest absolute Gasteiger partial charge is 0.264 e. The molecule has 28 heavy (non-hydrogen) atoms. The number of benzene rings is 2. The highest BCUT2D eigenvalue weighted by Gasteiger charge is 2.50. The van der Waals surface area contributed by atoms with Crippen molar-refractivity contribution in [2.75, 3.05) is 4.90 Å². The highest BCUT2D eigenvalue weighted by Crippen LogP contribution is 2.43. The second kappa shape index (κ2) is 7.02. The maximum absolute atomic E-state index is 13.2. The van der Waals surface area contributed by atoms with Gasteiger partial charge in [-0.2, -0.15) is 0 Å². The number of rotatable bonds is 5. The van der Waals surface area contributed by atoms with E-state index in [0.717, 1.165) is 11.1 Å². The van der Waals surface area contributed by atoms with Crippen molar-refractivity contribution in [1.29, 1.82) is 0 Å². The predicted molar refractivity (Wildman–Crippen MR) is 106 cm³/mol. The van der Waals surface area contributed by atoms with Crippen LogP contribution in [0, 0.1) is 6.92 Å². The van der Waals surface area contributed by atoms with Crippen LogP contribution in [0.4, 0.5) is 5.69 Å². The van der Waals surface area contributed by atoms with Crippen LogP contribution < -0.4 is 4.90 Å². The summed E-state index contributed by atoms with van der Waals surface area (Å²) in [4.78, 5) is 31.4. The number of anilines is 1. The molecule has 5 heteroatoms. The van der Waals surface area contributed by atoms with E-state index in [9.17, 15) is 14.7 Å². The maximum atomic E-state index is 13.2. The Morgan fingerprint density at radius 1 is 1.04 bits per heavy atom. The average molecular weight is 372 g/mol. The third-order valence-corrected chi connectivity index (χ3v) is 5.12. The molecule has 0 bridgehead atoms. The zero-order valence-corrected chi connectivity index (χ0v) is 15.5. The molecule has 0 aliphatic carbocycles. The van der Waals surface area contributed by atoms with Crippen molar-refractivity contribution in [3.8, 4) is 0 Å². The van der Waals surface area contributed by atoms with Gasteiger partial charge in [0.2, 0.25) is 0 Å². The number of aryl methyl sites for hydroxylation is 1. The van der Waals surface area contributed by atoms with Crippen molar-refractivity contribution in [2.45, 2.75) is 25.5 Å². The summed E-state index contributed by atoms with van der Waals surface area (Å²) in [5.74, 6) is -0.776. The Morgan fingerprint density at radius 3 is 2.43 bits per heavy atom. The summed E-state index contributed by atoms with van der Waals surface area (Å²) < 4.78 is 0. The van der Waals surface area contributed by atoms with E-state index in [2.05, 4.69) is 4.98 Å². The first kappa shape index (κ1) is 18.1. The third kappa shape index (κ3) is 3.10. The molecule has 2 aromatic carbocycles. The second-order valence-electron chi connectivity index (χ2n) is 7.09. The minimum Gasteiger partial charge on any atom is -0.375 e. The molecule has 1 atom stereocenters. The summed E-state index contributed by atoms with van der Waals surface area (Å²) in [5.41, 5.74) is 1.75. The molecule has 0 radical (unpaired) electrons. The normalized spacial score (nSPS) is 18.2. The molecule has 3 aromatic rings. The van der Waals surface area contributed by atoms with Gasteiger partial charge in [0.05, 0.1) is 18.7 Å². The van der Waals surface area contributed by atoms with Crippen molar-refractivity contribution in [2.24, 2.45) is 0 Å². The van der Waals surface area contributed by atoms with Gasteiger partial charge in [-0.15, -0.1) is 0 Å². The topological polar surface area (TPSA) is 70.5 Å². The van der Waals surface area contributed by atoms with Gasteiger partial charge in [-0.3, -0.25) is 14.6 Å². The Hall–Kier alpha value is -3.31. The number of Topliss-reactive ketones (excluding diaryl/α,β-unsaturated/α-hetero) is 1. The maximum Gasteiger partial charge on any atom is 0.264 e. The van der Waals surface area contributed by atoms with E-state index in [1.54, 1.807) is 35.2 Å². The molecular formula is C23H20N2O3. The van der Waals surface area contributed by atoms with Crippen LogP contribution in [0.15, 0.2) is 73.1 Å². The predicted octanol–water partition coefficient (Wildman–Crippen LogP) is 3.40. The van der Waals surface area contributed by atoms with Gasteiger partial charge < -0.3 is 10.0 Å². The number of amides is 1. The lowest BCUT2D eigenvalue weighted by molar-refractivity contribution is -0.136. The highest BCUT2D eigenvalue weighted by molar-refractivity contribution is 6.10. The summed E-state index contributed by atoms with van der Waals surface area (Å²) in [6, 6.07) is 18.2. The molecule has 1 aromatic heterocycles. The monoisotopic (exact) mass is 372 g/mol. The minimum absolute atomic E-state index is 0.301. The van der Waals surface area contributed by atoms with Crippen molar-refractivity contribution < 1.29 is 14.7 Å². The standard InChI is InChI=1S/C23H20N2O3/c1-16-6-8-17(9-7-16)15-25-20-5-3-2-4-19(20)23(28,22(25)27)14-21(26)18-10-12-24-13-11-18/h2-13,28H,14-15H2,1H3/t23-/m1/s1. The third-order valence-electron chi connectivity index (χ3n) is 5.12. The fraction of sp³-hybridized carbons (Fsp3) is 0.174. The number of nitrogens with zero attached hydrogens (tertiary/aromatic N) is 2. The Bertz CT molecular complexity index is 1030. The summed E-state index contributed by atoms with van der Waals surface area (Å²) in [5, 5.41) is 11.3. The van der Waals surface area contributed by atoms with Crippen molar-refractivity contribution >= 4 is 17.4 Å². The summed E-state index contributed by atoms with van der Waals surface area (Å²) in [6.45, 7) is 2.34. The van der Waals surface area contributed by atoms with Gasteiger partial charge in [0.25, 0.3) is 5.91 Å². The zero-order chi connectivity index (χ0) is 19.7. The molecule has 1 aliphatic heterocycles. The molecule has 0 fully saturated rings. The van der Waals surface area contributed by atoms with E-state index in [1.807, 2.05) is 37.3 Å². The van der Waals surface area contributed by atoms with Gasteiger partial charge in [0, 0.05) is 23.5 Å². The molecule has 0 unspecified atom stereocenters. The van der Waals surface area contributed by atoms with Gasteiger partial charge in [0.1, 0.15) is 0 Å². The van der Waals surface area contributed by atoms with Gasteiger partial charge in [0.15, 0.2) is 11.4 Å². The van der Waals surface area contributed by atoms with Crippen LogP contribution in [0.5, 0.6) is 0 Å².